The van der Waals surface area contributed by atoms with Crippen molar-refractivity contribution >= 4 is 33.1 Å². The summed E-state index contributed by atoms with van der Waals surface area (Å²) >= 11 is 0. The topological polar surface area (TPSA) is 110 Å². The molecule has 0 saturated heterocycles. The van der Waals surface area contributed by atoms with E-state index < -0.39 is 43.9 Å². The van der Waals surface area contributed by atoms with Gasteiger partial charge in [-0.1, -0.05) is 18.2 Å². The first kappa shape index (κ1) is 23.5. The smallest absolute Gasteiger partial charge is 0.399 e. The number of hydrogen-bond donors (Lipinski definition) is 2. The van der Waals surface area contributed by atoms with E-state index in [9.17, 15) is 31.2 Å². The average molecular weight is 467 g/mol. The first-order valence-electron chi connectivity index (χ1n) is 9.32. The predicted octanol–water partition coefficient (Wildman–Crippen LogP) is 3.07. The van der Waals surface area contributed by atoms with Crippen LogP contribution in [0.15, 0.2) is 64.7 Å². The molecule has 1 atom stereocenters. The van der Waals surface area contributed by atoms with E-state index in [-0.39, 0.29) is 17.1 Å². The van der Waals surface area contributed by atoms with Crippen molar-refractivity contribution in [3.8, 4) is 0 Å². The molecule has 1 amide bonds. The maximum atomic E-state index is 14.6. The molecule has 32 heavy (non-hydrogen) atoms. The fourth-order valence-corrected chi connectivity index (χ4v) is 5.08. The van der Waals surface area contributed by atoms with Crippen molar-refractivity contribution in [3.63, 3.8) is 0 Å². The lowest BCUT2D eigenvalue weighted by molar-refractivity contribution is -0.183. The third-order valence-electron chi connectivity index (χ3n) is 5.21. The molecule has 0 saturated carbocycles. The summed E-state index contributed by atoms with van der Waals surface area (Å²) in [6, 6.07) is 10.5. The van der Waals surface area contributed by atoms with Crippen molar-refractivity contribution in [3.05, 3.63) is 65.4 Å². The van der Waals surface area contributed by atoms with Crippen molar-refractivity contribution in [2.24, 2.45) is 0 Å². The van der Waals surface area contributed by atoms with Gasteiger partial charge in [-0.25, -0.2) is 8.42 Å². The Morgan fingerprint density at radius 1 is 1.06 bits per heavy atom. The number of para-hydroxylation sites is 1. The third kappa shape index (κ3) is 3.56. The van der Waals surface area contributed by atoms with Gasteiger partial charge in [0.25, 0.3) is 5.91 Å². The van der Waals surface area contributed by atoms with E-state index in [0.29, 0.717) is 5.56 Å². The Hall–Kier alpha value is -3.18. The summed E-state index contributed by atoms with van der Waals surface area (Å²) in [6.45, 7) is 3.60. The van der Waals surface area contributed by atoms with E-state index in [0.717, 1.165) is 24.0 Å². The fourth-order valence-electron chi connectivity index (χ4n) is 3.76. The zero-order valence-corrected chi connectivity index (χ0v) is 18.1. The van der Waals surface area contributed by atoms with Crippen LogP contribution in [0.1, 0.15) is 19.4 Å². The monoisotopic (exact) mass is 467 g/mol. The standard InChI is InChI=1S/C21H20F3N3O4S/c1-12-6-4-5-7-17(12)27-13(2)18(14(3)28)20(19(27)29,21(22,23)24)26-32(30,31)16-10-8-15(25)9-11-16/h4-11,26H,25H2,1-3H3/t20-/m1/s1. The van der Waals surface area contributed by atoms with Crippen LogP contribution in [0.5, 0.6) is 0 Å². The summed E-state index contributed by atoms with van der Waals surface area (Å²) in [5, 5.41) is 0. The van der Waals surface area contributed by atoms with Crippen molar-refractivity contribution < 1.29 is 31.2 Å². The molecule has 0 radical (unpaired) electrons. The molecule has 3 N–H and O–H groups in total. The number of nitrogens with one attached hydrogen (secondary N) is 1. The second-order valence-corrected chi connectivity index (χ2v) is 9.05. The minimum atomic E-state index is -5.47. The van der Waals surface area contributed by atoms with Gasteiger partial charge in [0.2, 0.25) is 15.6 Å². The van der Waals surface area contributed by atoms with Crippen LogP contribution in [0.2, 0.25) is 0 Å². The number of allylic oxidation sites excluding steroid dienone is 1. The number of aryl methyl sites for hydroxylation is 1. The van der Waals surface area contributed by atoms with Crippen LogP contribution in [-0.4, -0.2) is 31.8 Å². The number of rotatable bonds is 5. The Kier molecular flexibility index (Phi) is 5.69. The number of Topliss-reactive ketones (excluding diaryl/α,β-unsaturated/α-hetero) is 1. The highest BCUT2D eigenvalue weighted by Gasteiger charge is 2.70. The van der Waals surface area contributed by atoms with Gasteiger partial charge in [0.15, 0.2) is 5.78 Å². The van der Waals surface area contributed by atoms with Crippen LogP contribution in [0.4, 0.5) is 24.5 Å². The number of sulfonamides is 1. The van der Waals surface area contributed by atoms with Gasteiger partial charge in [-0.05, 0) is 56.7 Å². The van der Waals surface area contributed by atoms with Crippen LogP contribution >= 0.6 is 0 Å². The van der Waals surface area contributed by atoms with Crippen molar-refractivity contribution in [2.75, 3.05) is 10.6 Å². The minimum absolute atomic E-state index is 0.103. The van der Waals surface area contributed by atoms with Gasteiger partial charge in [0, 0.05) is 11.4 Å². The van der Waals surface area contributed by atoms with Gasteiger partial charge >= 0.3 is 6.18 Å². The molecule has 170 valence electrons. The second kappa shape index (κ2) is 7.75. The number of benzene rings is 2. The lowest BCUT2D eigenvalue weighted by atomic mass is 9.88. The van der Waals surface area contributed by atoms with Gasteiger partial charge in [-0.3, -0.25) is 14.5 Å². The first-order valence-corrected chi connectivity index (χ1v) is 10.8. The van der Waals surface area contributed by atoms with Gasteiger partial charge in [-0.15, -0.1) is 0 Å². The minimum Gasteiger partial charge on any atom is -0.399 e. The highest BCUT2D eigenvalue weighted by molar-refractivity contribution is 7.89. The molecular weight excluding hydrogens is 447 g/mol. The maximum Gasteiger partial charge on any atom is 0.421 e. The molecule has 0 aliphatic carbocycles. The molecule has 1 aliphatic heterocycles. The van der Waals surface area contributed by atoms with E-state index in [4.69, 9.17) is 5.73 Å². The fraction of sp³-hybridized carbons (Fsp3) is 0.238. The van der Waals surface area contributed by atoms with E-state index in [2.05, 4.69) is 0 Å². The lowest BCUT2D eigenvalue weighted by Crippen LogP contribution is -2.66. The van der Waals surface area contributed by atoms with Gasteiger partial charge in [0.05, 0.1) is 16.2 Å². The molecule has 1 heterocycles. The third-order valence-corrected chi connectivity index (χ3v) is 6.68. The van der Waals surface area contributed by atoms with Crippen LogP contribution < -0.4 is 15.4 Å². The molecule has 1 aliphatic rings. The van der Waals surface area contributed by atoms with Crippen molar-refractivity contribution in [2.45, 2.75) is 37.4 Å². The Labute approximate surface area is 182 Å². The number of amides is 1. The molecule has 7 nitrogen and oxygen atoms in total. The largest absolute Gasteiger partial charge is 0.421 e. The number of carbonyl (C=O) groups excluding carboxylic acids is 2. The molecule has 11 heteroatoms. The van der Waals surface area contributed by atoms with E-state index >= 15 is 0 Å². The highest BCUT2D eigenvalue weighted by Crippen LogP contribution is 2.47. The molecule has 0 spiro atoms. The van der Waals surface area contributed by atoms with Crippen molar-refractivity contribution in [1.29, 1.82) is 0 Å². The quantitative estimate of drug-likeness (QED) is 0.657. The summed E-state index contributed by atoms with van der Waals surface area (Å²) in [6.07, 6.45) is -5.47. The number of anilines is 2. The summed E-state index contributed by atoms with van der Waals surface area (Å²) in [5.41, 5.74) is 1.18. The molecule has 2 aromatic rings. The Bertz CT molecular complexity index is 1240. The molecule has 0 bridgehead atoms. The molecule has 3 rings (SSSR count). The molecule has 0 aromatic heterocycles. The molecule has 2 aromatic carbocycles. The Morgan fingerprint density at radius 2 is 1.62 bits per heavy atom. The number of hydrogen-bond acceptors (Lipinski definition) is 5. The highest BCUT2D eigenvalue weighted by atomic mass is 32.2. The summed E-state index contributed by atoms with van der Waals surface area (Å²) in [5.74, 6) is -2.73. The number of nitrogen functional groups attached to an aromatic ring is 1. The Balaban J connectivity index is 2.28. The second-order valence-electron chi connectivity index (χ2n) is 7.37. The van der Waals surface area contributed by atoms with Crippen molar-refractivity contribution in [1.82, 2.24) is 4.72 Å². The normalized spacial score (nSPS) is 19.6. The van der Waals surface area contributed by atoms with E-state index in [1.807, 2.05) is 0 Å². The van der Waals surface area contributed by atoms with E-state index in [1.54, 1.807) is 19.1 Å². The van der Waals surface area contributed by atoms with Gasteiger partial charge in [-0.2, -0.15) is 17.9 Å². The van der Waals surface area contributed by atoms with Crippen LogP contribution in [-0.2, 0) is 19.6 Å². The lowest BCUT2D eigenvalue weighted by Gasteiger charge is -2.33. The summed E-state index contributed by atoms with van der Waals surface area (Å²) < 4.78 is 71.1. The number of halogens is 3. The molecule has 0 unspecified atom stereocenters. The van der Waals surface area contributed by atoms with Crippen LogP contribution in [0, 0.1) is 6.92 Å². The number of alkyl halides is 3. The van der Waals surface area contributed by atoms with Crippen LogP contribution in [0.3, 0.4) is 0 Å². The zero-order chi connectivity index (χ0) is 24.1. The number of nitrogens with two attached hydrogens (primary N) is 1. The number of ketones is 1. The van der Waals surface area contributed by atoms with Crippen LogP contribution in [0.25, 0.3) is 0 Å². The predicted molar refractivity (Wildman–Crippen MR) is 112 cm³/mol. The maximum absolute atomic E-state index is 14.6. The Morgan fingerprint density at radius 3 is 2.12 bits per heavy atom. The van der Waals surface area contributed by atoms with E-state index in [1.165, 1.54) is 35.9 Å². The summed E-state index contributed by atoms with van der Waals surface area (Å²) in [4.78, 5) is 26.0. The molecule has 0 fully saturated rings. The zero-order valence-electron chi connectivity index (χ0n) is 17.3. The average Bonchev–Trinajstić information content (AvgIpc) is 2.89. The summed E-state index contributed by atoms with van der Waals surface area (Å²) in [7, 11) is -4.90. The number of nitrogens with zero attached hydrogens (tertiary/aromatic N) is 1. The molecular formula is C21H20F3N3O4S. The first-order chi connectivity index (χ1) is 14.7. The van der Waals surface area contributed by atoms with Gasteiger partial charge < -0.3 is 5.73 Å². The van der Waals surface area contributed by atoms with Gasteiger partial charge in [0.1, 0.15) is 0 Å². The SMILES string of the molecule is CC(=O)C1=C(C)N(c2ccccc2C)C(=O)[C@@]1(NS(=O)(=O)c1ccc(N)cc1)C(F)(F)F. The number of carbonyl (C=O) groups is 2.